The minimum Gasteiger partial charge on any atom is -0.465 e. The highest BCUT2D eigenvalue weighted by Gasteiger charge is 2.19. The van der Waals surface area contributed by atoms with E-state index in [1.807, 2.05) is 0 Å². The molecule has 1 heterocycles. The second-order valence-electron chi connectivity index (χ2n) is 5.90. The smallest absolute Gasteiger partial charge is 0.305 e. The van der Waals surface area contributed by atoms with Gasteiger partial charge in [0.25, 0.3) is 0 Å². The highest BCUT2D eigenvalue weighted by Crippen LogP contribution is 2.20. The summed E-state index contributed by atoms with van der Waals surface area (Å²) in [7, 11) is 0. The summed E-state index contributed by atoms with van der Waals surface area (Å²) in [6.45, 7) is 2.86. The summed E-state index contributed by atoms with van der Waals surface area (Å²) in [6, 6.07) is 9.06. The quantitative estimate of drug-likeness (QED) is 0.547. The predicted octanol–water partition coefficient (Wildman–Crippen LogP) is 4.31. The Bertz CT molecular complexity index is 398. The number of carbonyl (C=O) groups is 1. The van der Waals surface area contributed by atoms with Crippen molar-refractivity contribution < 1.29 is 9.53 Å². The number of carbonyl (C=O) groups excluding carboxylic acids is 1. The third kappa shape index (κ3) is 4.99. The topological polar surface area (TPSA) is 26.3 Å². The fourth-order valence-electron chi connectivity index (χ4n) is 2.74. The summed E-state index contributed by atoms with van der Waals surface area (Å²) in [5.41, 5.74) is 2.86. The second-order valence-corrected chi connectivity index (χ2v) is 5.90. The summed E-state index contributed by atoms with van der Waals surface area (Å²) in [6.07, 6.45) is 8.91. The molecule has 0 N–H and O–H groups in total. The number of rotatable bonds is 7. The van der Waals surface area contributed by atoms with E-state index in [0.29, 0.717) is 18.9 Å². The molecular formula is C18H26O2. The molecule has 1 atom stereocenters. The van der Waals surface area contributed by atoms with E-state index in [1.54, 1.807) is 0 Å². The number of benzene rings is 1. The second kappa shape index (κ2) is 8.08. The number of hydrogen-bond donors (Lipinski definition) is 0. The summed E-state index contributed by atoms with van der Waals surface area (Å²) in [5.74, 6) is 0.523. The third-order valence-corrected chi connectivity index (χ3v) is 4.17. The summed E-state index contributed by atoms with van der Waals surface area (Å²) < 4.78 is 5.11. The van der Waals surface area contributed by atoms with Gasteiger partial charge in [0.15, 0.2) is 0 Å². The Morgan fingerprint density at radius 2 is 1.80 bits per heavy atom. The van der Waals surface area contributed by atoms with Crippen molar-refractivity contribution in [2.24, 2.45) is 5.92 Å². The molecule has 2 heteroatoms. The highest BCUT2D eigenvalue weighted by atomic mass is 16.5. The average molecular weight is 274 g/mol. The highest BCUT2D eigenvalue weighted by molar-refractivity contribution is 5.69. The molecule has 0 saturated carbocycles. The van der Waals surface area contributed by atoms with Crippen molar-refractivity contribution >= 4 is 5.97 Å². The molecule has 1 aliphatic heterocycles. The van der Waals surface area contributed by atoms with Crippen molar-refractivity contribution in [1.82, 2.24) is 0 Å². The first-order valence-electron chi connectivity index (χ1n) is 8.01. The molecule has 1 aliphatic rings. The standard InChI is InChI=1S/C18H26O2/c1-2-3-4-5-15-6-8-16(9-7-15)10-11-17-12-13-18(19)20-14-17/h6-9,17H,2-5,10-14H2,1H3. The Morgan fingerprint density at radius 3 is 2.40 bits per heavy atom. The van der Waals surface area contributed by atoms with Crippen LogP contribution in [0.1, 0.15) is 56.6 Å². The summed E-state index contributed by atoms with van der Waals surface area (Å²) in [4.78, 5) is 11.0. The van der Waals surface area contributed by atoms with Crippen molar-refractivity contribution in [1.29, 1.82) is 0 Å². The Hall–Kier alpha value is -1.31. The van der Waals surface area contributed by atoms with Crippen LogP contribution in [0.2, 0.25) is 0 Å². The van der Waals surface area contributed by atoms with Gasteiger partial charge in [0.05, 0.1) is 6.61 Å². The normalized spacial score (nSPS) is 18.9. The lowest BCUT2D eigenvalue weighted by Gasteiger charge is -2.21. The maximum atomic E-state index is 11.0. The molecule has 2 rings (SSSR count). The number of esters is 1. The number of unbranched alkanes of at least 4 members (excludes halogenated alkanes) is 2. The lowest BCUT2D eigenvalue weighted by molar-refractivity contribution is -0.149. The first kappa shape index (κ1) is 15.1. The Kier molecular flexibility index (Phi) is 6.10. The number of cyclic esters (lactones) is 1. The van der Waals surface area contributed by atoms with Crippen LogP contribution in [-0.2, 0) is 22.4 Å². The SMILES string of the molecule is CCCCCc1ccc(CCC2CCC(=O)OC2)cc1. The molecule has 1 saturated heterocycles. The van der Waals surface area contributed by atoms with E-state index in [0.717, 1.165) is 19.3 Å². The van der Waals surface area contributed by atoms with Gasteiger partial charge in [-0.25, -0.2) is 0 Å². The third-order valence-electron chi connectivity index (χ3n) is 4.17. The molecule has 1 unspecified atom stereocenters. The maximum absolute atomic E-state index is 11.0. The largest absolute Gasteiger partial charge is 0.465 e. The van der Waals surface area contributed by atoms with Crippen molar-refractivity contribution in [3.63, 3.8) is 0 Å². The van der Waals surface area contributed by atoms with Gasteiger partial charge in [-0.3, -0.25) is 4.79 Å². The summed E-state index contributed by atoms with van der Waals surface area (Å²) in [5, 5.41) is 0. The molecule has 1 aromatic rings. The van der Waals surface area contributed by atoms with Gasteiger partial charge < -0.3 is 4.74 Å². The van der Waals surface area contributed by atoms with Gasteiger partial charge in [-0.2, -0.15) is 0 Å². The van der Waals surface area contributed by atoms with Crippen LogP contribution in [0.3, 0.4) is 0 Å². The molecule has 0 radical (unpaired) electrons. The minimum atomic E-state index is -0.0299. The molecule has 110 valence electrons. The molecule has 1 fully saturated rings. The van der Waals surface area contributed by atoms with Crippen LogP contribution in [0.15, 0.2) is 24.3 Å². The molecule has 0 amide bonds. The van der Waals surface area contributed by atoms with Crippen LogP contribution in [0.25, 0.3) is 0 Å². The zero-order valence-electron chi connectivity index (χ0n) is 12.6. The molecule has 0 spiro atoms. The molecule has 20 heavy (non-hydrogen) atoms. The van der Waals surface area contributed by atoms with Gasteiger partial charge in [-0.15, -0.1) is 0 Å². The van der Waals surface area contributed by atoms with Gasteiger partial charge in [0.1, 0.15) is 0 Å². The Morgan fingerprint density at radius 1 is 1.10 bits per heavy atom. The van der Waals surface area contributed by atoms with Crippen LogP contribution in [0.5, 0.6) is 0 Å². The minimum absolute atomic E-state index is 0.0299. The monoisotopic (exact) mass is 274 g/mol. The van der Waals surface area contributed by atoms with E-state index in [-0.39, 0.29) is 5.97 Å². The van der Waals surface area contributed by atoms with Crippen LogP contribution >= 0.6 is 0 Å². The fourth-order valence-corrected chi connectivity index (χ4v) is 2.74. The summed E-state index contributed by atoms with van der Waals surface area (Å²) >= 11 is 0. The van der Waals surface area contributed by atoms with Crippen LogP contribution in [0, 0.1) is 5.92 Å². The zero-order valence-corrected chi connectivity index (χ0v) is 12.6. The van der Waals surface area contributed by atoms with E-state index >= 15 is 0 Å². The number of ether oxygens (including phenoxy) is 1. The molecule has 1 aromatic carbocycles. The van der Waals surface area contributed by atoms with Crippen LogP contribution in [-0.4, -0.2) is 12.6 Å². The zero-order chi connectivity index (χ0) is 14.2. The van der Waals surface area contributed by atoms with Gasteiger partial charge in [-0.1, -0.05) is 44.0 Å². The van der Waals surface area contributed by atoms with Gasteiger partial charge in [-0.05, 0) is 49.1 Å². The van der Waals surface area contributed by atoms with E-state index in [4.69, 9.17) is 4.74 Å². The first-order valence-corrected chi connectivity index (χ1v) is 8.01. The first-order chi connectivity index (χ1) is 9.78. The lowest BCUT2D eigenvalue weighted by Crippen LogP contribution is -2.21. The van der Waals surface area contributed by atoms with Crippen molar-refractivity contribution in [2.75, 3.05) is 6.61 Å². The van der Waals surface area contributed by atoms with Gasteiger partial charge in [0.2, 0.25) is 0 Å². The van der Waals surface area contributed by atoms with E-state index in [2.05, 4.69) is 31.2 Å². The molecular weight excluding hydrogens is 248 g/mol. The van der Waals surface area contributed by atoms with E-state index in [9.17, 15) is 4.79 Å². The number of aryl methyl sites for hydroxylation is 2. The van der Waals surface area contributed by atoms with Crippen molar-refractivity contribution in [3.8, 4) is 0 Å². The Labute approximate surface area is 122 Å². The van der Waals surface area contributed by atoms with E-state index < -0.39 is 0 Å². The Balaban J connectivity index is 1.72. The van der Waals surface area contributed by atoms with Crippen LogP contribution in [0.4, 0.5) is 0 Å². The average Bonchev–Trinajstić information content (AvgIpc) is 2.48. The molecule has 0 aliphatic carbocycles. The van der Waals surface area contributed by atoms with Crippen molar-refractivity contribution in [3.05, 3.63) is 35.4 Å². The maximum Gasteiger partial charge on any atom is 0.305 e. The predicted molar refractivity (Wildman–Crippen MR) is 81.7 cm³/mol. The fraction of sp³-hybridized carbons (Fsp3) is 0.611. The number of hydrogen-bond acceptors (Lipinski definition) is 2. The molecule has 0 bridgehead atoms. The van der Waals surface area contributed by atoms with Crippen LogP contribution < -0.4 is 0 Å². The molecule has 0 aromatic heterocycles. The van der Waals surface area contributed by atoms with Crippen molar-refractivity contribution in [2.45, 2.75) is 58.3 Å². The van der Waals surface area contributed by atoms with E-state index in [1.165, 1.54) is 36.8 Å². The van der Waals surface area contributed by atoms with Gasteiger partial charge >= 0.3 is 5.97 Å². The molecule has 2 nitrogen and oxygen atoms in total. The lowest BCUT2D eigenvalue weighted by atomic mass is 9.94. The van der Waals surface area contributed by atoms with Gasteiger partial charge in [0, 0.05) is 6.42 Å².